The summed E-state index contributed by atoms with van der Waals surface area (Å²) in [5.41, 5.74) is -0.471. The third-order valence-electron chi connectivity index (χ3n) is 7.50. The fourth-order valence-corrected chi connectivity index (χ4v) is 5.69. The molecule has 1 aromatic rings. The molecule has 2 aliphatic heterocycles. The summed E-state index contributed by atoms with van der Waals surface area (Å²) >= 11 is 0. The average Bonchev–Trinajstić information content (AvgIpc) is 3.37. The monoisotopic (exact) mass is 401 g/mol. The summed E-state index contributed by atoms with van der Waals surface area (Å²) < 4.78 is 1.93. The molecule has 3 aliphatic rings. The van der Waals surface area contributed by atoms with E-state index in [1.807, 2.05) is 17.8 Å². The number of amides is 2. The maximum atomic E-state index is 13.5. The minimum atomic E-state index is -0.471. The Labute approximate surface area is 173 Å². The second kappa shape index (κ2) is 8.46. The van der Waals surface area contributed by atoms with Crippen LogP contribution in [-0.4, -0.2) is 63.9 Å². The summed E-state index contributed by atoms with van der Waals surface area (Å²) in [6, 6.07) is -0.0229. The lowest BCUT2D eigenvalue weighted by molar-refractivity contribution is -0.154. The highest BCUT2D eigenvalue weighted by molar-refractivity contribution is 5.85. The fraction of sp³-hybridized carbons (Fsp3) is 0.773. The fourth-order valence-electron chi connectivity index (χ4n) is 5.69. The van der Waals surface area contributed by atoms with Gasteiger partial charge in [0.15, 0.2) is 0 Å². The van der Waals surface area contributed by atoms with Gasteiger partial charge in [0.25, 0.3) is 0 Å². The number of hydrogen-bond acceptors (Lipinski definition) is 4. The van der Waals surface area contributed by atoms with Crippen LogP contribution in [0.1, 0.15) is 57.2 Å². The van der Waals surface area contributed by atoms with Gasteiger partial charge in [-0.25, -0.2) is 4.98 Å². The predicted molar refractivity (Wildman–Crippen MR) is 111 cm³/mol. The minimum absolute atomic E-state index is 0.0229. The topological polar surface area (TPSA) is 70.5 Å². The molecule has 29 heavy (non-hydrogen) atoms. The van der Waals surface area contributed by atoms with Gasteiger partial charge in [-0.1, -0.05) is 12.8 Å². The number of rotatable bonds is 5. The maximum absolute atomic E-state index is 13.5. The molecule has 0 aromatic carbocycles. The van der Waals surface area contributed by atoms with Crippen molar-refractivity contribution in [2.75, 3.05) is 26.7 Å². The maximum Gasteiger partial charge on any atom is 0.228 e. The highest BCUT2D eigenvalue weighted by Gasteiger charge is 2.53. The lowest BCUT2D eigenvalue weighted by Crippen LogP contribution is -2.66. The number of nitrogens with zero attached hydrogens (tertiary/aromatic N) is 4. The van der Waals surface area contributed by atoms with Crippen molar-refractivity contribution in [2.24, 2.45) is 18.4 Å². The summed E-state index contributed by atoms with van der Waals surface area (Å²) in [7, 11) is 4.04. The Balaban J connectivity index is 1.50. The van der Waals surface area contributed by atoms with Crippen LogP contribution in [0.5, 0.6) is 0 Å². The largest absolute Gasteiger partial charge is 0.348 e. The van der Waals surface area contributed by atoms with Gasteiger partial charge in [0, 0.05) is 39.0 Å². The molecule has 0 unspecified atom stereocenters. The zero-order chi connectivity index (χ0) is 20.4. The average molecular weight is 402 g/mol. The van der Waals surface area contributed by atoms with Crippen molar-refractivity contribution < 1.29 is 9.59 Å². The number of aromatic nitrogens is 2. The third kappa shape index (κ3) is 4.06. The molecule has 1 aliphatic carbocycles. The molecule has 3 heterocycles. The van der Waals surface area contributed by atoms with Crippen LogP contribution in [0, 0.1) is 11.3 Å². The standard InChI is InChI=1S/C22H35N5O2/c1-25-12-9-22(21(29)24-15-19-23-10-13-26(19)2)8-5-11-27(18(22)16-25)20(28)14-17-6-3-4-7-17/h10,13,17-18H,3-9,11-12,14-16H2,1-2H3,(H,24,29)/t18-,22+/m0/s1. The Morgan fingerprint density at radius 3 is 2.69 bits per heavy atom. The van der Waals surface area contributed by atoms with Crippen molar-refractivity contribution in [3.63, 3.8) is 0 Å². The van der Waals surface area contributed by atoms with E-state index in [1.165, 1.54) is 25.7 Å². The molecule has 2 saturated heterocycles. The van der Waals surface area contributed by atoms with Crippen molar-refractivity contribution in [3.05, 3.63) is 18.2 Å². The molecule has 7 nitrogen and oxygen atoms in total. The second-order valence-corrected chi connectivity index (χ2v) is 9.37. The summed E-state index contributed by atoms with van der Waals surface area (Å²) in [4.78, 5) is 35.4. The van der Waals surface area contributed by atoms with Gasteiger partial charge >= 0.3 is 0 Å². The first kappa shape index (κ1) is 20.4. The van der Waals surface area contributed by atoms with Gasteiger partial charge in [-0.05, 0) is 51.6 Å². The molecular formula is C22H35N5O2. The highest BCUT2D eigenvalue weighted by atomic mass is 16.2. The van der Waals surface area contributed by atoms with Crippen LogP contribution in [0.25, 0.3) is 0 Å². The highest BCUT2D eigenvalue weighted by Crippen LogP contribution is 2.43. The summed E-state index contributed by atoms with van der Waals surface area (Å²) in [6.45, 7) is 2.91. The van der Waals surface area contributed by atoms with E-state index < -0.39 is 5.41 Å². The van der Waals surface area contributed by atoms with Crippen LogP contribution in [0.2, 0.25) is 0 Å². The lowest BCUT2D eigenvalue weighted by Gasteiger charge is -2.53. The van der Waals surface area contributed by atoms with Crippen molar-refractivity contribution in [3.8, 4) is 0 Å². The number of carbonyl (C=O) groups is 2. The number of carbonyl (C=O) groups excluding carboxylic acids is 2. The van der Waals surface area contributed by atoms with Gasteiger partial charge in [-0.3, -0.25) is 9.59 Å². The van der Waals surface area contributed by atoms with E-state index in [2.05, 4.69) is 27.1 Å². The number of hydrogen-bond donors (Lipinski definition) is 1. The number of fused-ring (bicyclic) bond motifs is 1. The molecule has 2 atom stereocenters. The Hall–Kier alpha value is -1.89. The summed E-state index contributed by atoms with van der Waals surface area (Å²) in [6.07, 6.45) is 11.8. The van der Waals surface area contributed by atoms with Crippen LogP contribution in [0.3, 0.4) is 0 Å². The van der Waals surface area contributed by atoms with E-state index in [1.54, 1.807) is 6.20 Å². The number of imidazole rings is 1. The Kier molecular flexibility index (Phi) is 5.95. The predicted octanol–water partition coefficient (Wildman–Crippen LogP) is 1.93. The van der Waals surface area contributed by atoms with Gasteiger partial charge in [-0.15, -0.1) is 0 Å². The molecule has 3 fully saturated rings. The van der Waals surface area contributed by atoms with E-state index in [0.717, 1.165) is 44.7 Å². The van der Waals surface area contributed by atoms with Crippen molar-refractivity contribution >= 4 is 11.8 Å². The van der Waals surface area contributed by atoms with Crippen LogP contribution in [0.15, 0.2) is 12.4 Å². The third-order valence-corrected chi connectivity index (χ3v) is 7.50. The number of likely N-dealkylation sites (N-methyl/N-ethyl adjacent to an activating group) is 1. The van der Waals surface area contributed by atoms with Crippen LogP contribution < -0.4 is 5.32 Å². The van der Waals surface area contributed by atoms with E-state index in [9.17, 15) is 9.59 Å². The first-order valence-corrected chi connectivity index (χ1v) is 11.2. The molecule has 1 saturated carbocycles. The molecule has 0 radical (unpaired) electrons. The van der Waals surface area contributed by atoms with Gasteiger partial charge in [0.05, 0.1) is 18.0 Å². The van der Waals surface area contributed by atoms with Gasteiger partial charge < -0.3 is 19.7 Å². The van der Waals surface area contributed by atoms with Crippen LogP contribution in [-0.2, 0) is 23.2 Å². The van der Waals surface area contributed by atoms with Crippen molar-refractivity contribution in [1.82, 2.24) is 24.7 Å². The lowest BCUT2D eigenvalue weighted by atomic mass is 9.67. The molecule has 4 rings (SSSR count). The smallest absolute Gasteiger partial charge is 0.228 e. The van der Waals surface area contributed by atoms with E-state index in [-0.39, 0.29) is 17.9 Å². The summed E-state index contributed by atoms with van der Waals surface area (Å²) in [5, 5.41) is 3.15. The normalized spacial score (nSPS) is 28.3. The molecule has 1 N–H and O–H groups in total. The zero-order valence-corrected chi connectivity index (χ0v) is 17.9. The van der Waals surface area contributed by atoms with Crippen LogP contribution in [0.4, 0.5) is 0 Å². The number of nitrogens with one attached hydrogen (secondary N) is 1. The van der Waals surface area contributed by atoms with Crippen molar-refractivity contribution in [2.45, 2.75) is 64.0 Å². The Morgan fingerprint density at radius 1 is 1.17 bits per heavy atom. The van der Waals surface area contributed by atoms with Gasteiger partial charge in [-0.2, -0.15) is 0 Å². The van der Waals surface area contributed by atoms with E-state index in [4.69, 9.17) is 0 Å². The van der Waals surface area contributed by atoms with Crippen LogP contribution >= 0.6 is 0 Å². The minimum Gasteiger partial charge on any atom is -0.348 e. The van der Waals surface area contributed by atoms with Gasteiger partial charge in [0.2, 0.25) is 11.8 Å². The quantitative estimate of drug-likeness (QED) is 0.818. The zero-order valence-electron chi connectivity index (χ0n) is 17.9. The molecule has 160 valence electrons. The molecule has 0 spiro atoms. The second-order valence-electron chi connectivity index (χ2n) is 9.37. The first-order valence-electron chi connectivity index (χ1n) is 11.2. The molecule has 0 bridgehead atoms. The molecular weight excluding hydrogens is 366 g/mol. The number of piperidine rings is 2. The first-order chi connectivity index (χ1) is 14.0. The number of aryl methyl sites for hydroxylation is 1. The van der Waals surface area contributed by atoms with E-state index in [0.29, 0.717) is 18.9 Å². The Morgan fingerprint density at radius 2 is 1.97 bits per heavy atom. The van der Waals surface area contributed by atoms with Gasteiger partial charge in [0.1, 0.15) is 5.82 Å². The number of likely N-dealkylation sites (tertiary alicyclic amines) is 2. The Bertz CT molecular complexity index is 741. The summed E-state index contributed by atoms with van der Waals surface area (Å²) in [5.74, 6) is 1.75. The molecule has 7 heteroatoms. The molecule has 1 aromatic heterocycles. The molecule has 2 amide bonds. The SMILES string of the molecule is CN1CC[C@]2(C(=O)NCc3nccn3C)CCCN(C(=O)CC3CCCC3)[C@H]2C1. The van der Waals surface area contributed by atoms with E-state index >= 15 is 0 Å². The van der Waals surface area contributed by atoms with Crippen molar-refractivity contribution in [1.29, 1.82) is 0 Å².